The summed E-state index contributed by atoms with van der Waals surface area (Å²) in [6, 6.07) is 6.97. The number of hydrogen-bond donors (Lipinski definition) is 1. The zero-order valence-electron chi connectivity index (χ0n) is 18.9. The largest absolute Gasteiger partial charge is 0.733 e. The van der Waals surface area contributed by atoms with Crippen molar-refractivity contribution in [3.63, 3.8) is 0 Å². The van der Waals surface area contributed by atoms with Gasteiger partial charge in [0.15, 0.2) is 0 Å². The monoisotopic (exact) mass is 440 g/mol. The van der Waals surface area contributed by atoms with E-state index in [2.05, 4.69) is 23.3 Å². The van der Waals surface area contributed by atoms with Crippen molar-refractivity contribution in [1.82, 2.24) is 4.90 Å². The van der Waals surface area contributed by atoms with Crippen molar-refractivity contribution in [3.05, 3.63) is 41.6 Å². The first-order valence-corrected chi connectivity index (χ1v) is 12.0. The van der Waals surface area contributed by atoms with E-state index in [0.717, 1.165) is 57.7 Å². The number of carbonyl (C=O) groups is 1. The molecule has 0 unspecified atom stereocenters. The quantitative estimate of drug-likeness (QED) is 0.433. The van der Waals surface area contributed by atoms with Gasteiger partial charge in [-0.3, -0.25) is 14.9 Å². The fourth-order valence-electron chi connectivity index (χ4n) is 6.72. The second-order valence-electron chi connectivity index (χ2n) is 10.5. The summed E-state index contributed by atoms with van der Waals surface area (Å²) in [4.78, 5) is 17.5. The normalized spacial score (nSPS) is 35.3. The van der Waals surface area contributed by atoms with Crippen molar-refractivity contribution in [3.8, 4) is 0 Å². The predicted octanol–water partition coefficient (Wildman–Crippen LogP) is 3.82. The Kier molecular flexibility index (Phi) is 5.68. The van der Waals surface area contributed by atoms with Gasteiger partial charge in [0.1, 0.15) is 6.10 Å². The standard InChI is InChI=1S/C25H34N3O4/c1-17-4-3-9-25(2)15-23-20(14-22(17)25)21(24(29)32-23)16-26-10-12-27(13-11-26)18-5-7-19(8-6-18)28(30)31/h5-8,20-23,30H,1,3-4,9-16H2,2H3/q-1/t20-,21-,22-,23+,25+/m0/s1. The molecule has 2 saturated heterocycles. The van der Waals surface area contributed by atoms with Crippen LogP contribution in [0.5, 0.6) is 0 Å². The van der Waals surface area contributed by atoms with Gasteiger partial charge in [0, 0.05) is 44.3 Å². The number of esters is 1. The predicted molar refractivity (Wildman–Crippen MR) is 123 cm³/mol. The number of fused-ring (bicyclic) bond motifs is 2. The Hall–Kier alpha value is -2.09. The fourth-order valence-corrected chi connectivity index (χ4v) is 6.72. The third kappa shape index (κ3) is 3.91. The molecule has 2 saturated carbocycles. The summed E-state index contributed by atoms with van der Waals surface area (Å²) in [5.41, 5.74) is 2.89. The second-order valence-corrected chi connectivity index (χ2v) is 10.5. The first kappa shape index (κ1) is 21.7. The van der Waals surface area contributed by atoms with Crippen LogP contribution in [-0.4, -0.2) is 54.9 Å². The van der Waals surface area contributed by atoms with Crippen LogP contribution >= 0.6 is 0 Å². The molecule has 4 fully saturated rings. The molecule has 1 aromatic rings. The summed E-state index contributed by atoms with van der Waals surface area (Å²) in [6.07, 6.45) is 5.67. The minimum absolute atomic E-state index is 0.00273. The zero-order valence-corrected chi connectivity index (χ0v) is 18.9. The molecule has 32 heavy (non-hydrogen) atoms. The SMILES string of the molecule is C=C1CCC[C@]2(C)C[C@H]3OC(=O)[C@@H](CN4CCN(c5ccc(N([O-])O)cc5)CC4)[C@@H]3C[C@@H]12. The molecule has 7 heteroatoms. The first-order valence-electron chi connectivity index (χ1n) is 12.0. The van der Waals surface area contributed by atoms with Crippen LogP contribution in [0, 0.1) is 28.4 Å². The van der Waals surface area contributed by atoms with Gasteiger partial charge in [-0.05, 0) is 67.7 Å². The van der Waals surface area contributed by atoms with Gasteiger partial charge >= 0.3 is 5.97 Å². The topological polar surface area (TPSA) is 79.3 Å². The van der Waals surface area contributed by atoms with Gasteiger partial charge in [-0.15, -0.1) is 0 Å². The summed E-state index contributed by atoms with van der Waals surface area (Å²) in [5, 5.41) is 19.9. The molecule has 2 aliphatic heterocycles. The number of piperazine rings is 1. The number of anilines is 2. The van der Waals surface area contributed by atoms with Gasteiger partial charge in [-0.2, -0.15) is 0 Å². The number of ether oxygens (including phenoxy) is 1. The van der Waals surface area contributed by atoms with Gasteiger partial charge < -0.3 is 20.1 Å². The van der Waals surface area contributed by atoms with Crippen molar-refractivity contribution < 1.29 is 14.7 Å². The molecule has 2 aliphatic carbocycles. The fraction of sp³-hybridized carbons (Fsp3) is 0.640. The lowest BCUT2D eigenvalue weighted by Crippen LogP contribution is -2.50. The maximum Gasteiger partial charge on any atom is 0.310 e. The van der Waals surface area contributed by atoms with Gasteiger partial charge in [0.05, 0.1) is 11.6 Å². The van der Waals surface area contributed by atoms with E-state index in [1.165, 1.54) is 18.4 Å². The Bertz CT molecular complexity index is 864. The Morgan fingerprint density at radius 1 is 1.25 bits per heavy atom. The lowest BCUT2D eigenvalue weighted by atomic mass is 9.55. The van der Waals surface area contributed by atoms with E-state index in [1.54, 1.807) is 12.1 Å². The van der Waals surface area contributed by atoms with Crippen LogP contribution in [0.25, 0.3) is 0 Å². The summed E-state index contributed by atoms with van der Waals surface area (Å²) in [6.45, 7) is 11.1. The minimum Gasteiger partial charge on any atom is -0.733 e. The molecule has 5 atom stereocenters. The van der Waals surface area contributed by atoms with Crippen LogP contribution in [0.3, 0.4) is 0 Å². The highest BCUT2D eigenvalue weighted by Gasteiger charge is 2.55. The Balaban J connectivity index is 1.20. The molecule has 0 bridgehead atoms. The van der Waals surface area contributed by atoms with Crippen LogP contribution in [-0.2, 0) is 9.53 Å². The summed E-state index contributed by atoms with van der Waals surface area (Å²) in [7, 11) is 0. The highest BCUT2D eigenvalue weighted by molar-refractivity contribution is 5.75. The molecule has 174 valence electrons. The minimum atomic E-state index is -0.119. The number of benzene rings is 1. The van der Waals surface area contributed by atoms with Crippen LogP contribution in [0.15, 0.2) is 36.4 Å². The average molecular weight is 441 g/mol. The number of allylic oxidation sites excluding steroid dienone is 1. The molecule has 5 rings (SSSR count). The summed E-state index contributed by atoms with van der Waals surface area (Å²) < 4.78 is 5.93. The Morgan fingerprint density at radius 2 is 1.97 bits per heavy atom. The number of carbonyl (C=O) groups excluding carboxylic acids is 1. The van der Waals surface area contributed by atoms with Crippen molar-refractivity contribution in [2.24, 2.45) is 23.2 Å². The van der Waals surface area contributed by atoms with Gasteiger partial charge in [0.25, 0.3) is 0 Å². The van der Waals surface area contributed by atoms with Crippen molar-refractivity contribution in [2.45, 2.75) is 45.1 Å². The summed E-state index contributed by atoms with van der Waals surface area (Å²) >= 11 is 0. The number of hydrogen-bond acceptors (Lipinski definition) is 7. The molecule has 0 aromatic heterocycles. The van der Waals surface area contributed by atoms with E-state index in [4.69, 9.17) is 9.94 Å². The van der Waals surface area contributed by atoms with Crippen molar-refractivity contribution in [1.29, 1.82) is 0 Å². The smallest absolute Gasteiger partial charge is 0.310 e. The molecule has 1 N–H and O–H groups in total. The highest BCUT2D eigenvalue weighted by Crippen LogP contribution is 2.56. The van der Waals surface area contributed by atoms with Crippen molar-refractivity contribution in [2.75, 3.05) is 42.9 Å². The lowest BCUT2D eigenvalue weighted by molar-refractivity contribution is -0.146. The highest BCUT2D eigenvalue weighted by atomic mass is 16.8. The molecule has 0 radical (unpaired) electrons. The van der Waals surface area contributed by atoms with Crippen molar-refractivity contribution >= 4 is 17.3 Å². The molecule has 4 aliphatic rings. The van der Waals surface area contributed by atoms with E-state index < -0.39 is 0 Å². The van der Waals surface area contributed by atoms with E-state index in [-0.39, 0.29) is 34.3 Å². The Labute approximate surface area is 190 Å². The third-order valence-corrected chi connectivity index (χ3v) is 8.58. The van der Waals surface area contributed by atoms with E-state index in [1.807, 2.05) is 12.1 Å². The number of rotatable bonds is 4. The molecular formula is C25H34N3O4-. The maximum absolute atomic E-state index is 12.8. The van der Waals surface area contributed by atoms with Crippen LogP contribution in [0.2, 0.25) is 0 Å². The molecule has 2 heterocycles. The maximum atomic E-state index is 12.8. The van der Waals surface area contributed by atoms with Gasteiger partial charge in [-0.1, -0.05) is 19.1 Å². The Morgan fingerprint density at radius 3 is 2.66 bits per heavy atom. The average Bonchev–Trinajstić information content (AvgIpc) is 3.06. The van der Waals surface area contributed by atoms with E-state index in [0.29, 0.717) is 11.8 Å². The van der Waals surface area contributed by atoms with Crippen LogP contribution in [0.4, 0.5) is 11.4 Å². The van der Waals surface area contributed by atoms with Crippen LogP contribution in [0.1, 0.15) is 39.0 Å². The second kappa shape index (κ2) is 8.36. The molecule has 0 amide bonds. The summed E-state index contributed by atoms with van der Waals surface area (Å²) in [5.74, 6) is 0.808. The van der Waals surface area contributed by atoms with Gasteiger partial charge in [-0.25, -0.2) is 0 Å². The van der Waals surface area contributed by atoms with E-state index >= 15 is 0 Å². The first-order chi connectivity index (χ1) is 15.3. The molecular weight excluding hydrogens is 406 g/mol. The lowest BCUT2D eigenvalue weighted by Gasteiger charge is -2.50. The zero-order chi connectivity index (χ0) is 22.5. The third-order valence-electron chi connectivity index (χ3n) is 8.58. The van der Waals surface area contributed by atoms with Crippen LogP contribution < -0.4 is 10.1 Å². The van der Waals surface area contributed by atoms with E-state index in [9.17, 15) is 10.0 Å². The molecule has 1 aromatic carbocycles. The number of nitrogens with zero attached hydrogens (tertiary/aromatic N) is 3. The molecule has 0 spiro atoms. The molecule has 7 nitrogen and oxygen atoms in total. The van der Waals surface area contributed by atoms with Gasteiger partial charge in [0.2, 0.25) is 0 Å².